The predicted octanol–water partition coefficient (Wildman–Crippen LogP) is 4.85. The number of carbonyl (C=O) groups is 1. The molecule has 0 radical (unpaired) electrons. The number of aromatic nitrogens is 2. The van der Waals surface area contributed by atoms with Crippen LogP contribution in [-0.4, -0.2) is 98.6 Å². The number of ether oxygens (including phenoxy) is 1. The standard InChI is InChI=1S/C18H26ClFN2O4.C13H18ClFN2O2.2ClH/c1-17(2,3)26-16(25)22-6-4-18(20,5-7-22)15-14(19)9-12(10-21-15)8-13(24)11-23;14-11-6-9(5-10(19)8-18)7-17-12(11)13(15)1-3-16-4-2-13;;/h9-10,13,23-24H,4-8,11H2,1-3H3;6-7,10,16,18-19H,1-5,8H2;2*1H/t13-;10-;;/m00../s1. The van der Waals surface area contributed by atoms with Gasteiger partial charge in [-0.1, -0.05) is 23.2 Å². The van der Waals surface area contributed by atoms with Crippen LogP contribution in [0.1, 0.15) is 69.0 Å². The van der Waals surface area contributed by atoms with E-state index in [2.05, 4.69) is 15.3 Å². The summed E-state index contributed by atoms with van der Waals surface area (Å²) in [6, 6.07) is 3.18. The Morgan fingerprint density at radius 3 is 1.66 bits per heavy atom. The lowest BCUT2D eigenvalue weighted by atomic mass is 9.89. The zero-order chi connectivity index (χ0) is 33.4. The maximum atomic E-state index is 15.4. The fourth-order valence-electron chi connectivity index (χ4n) is 5.18. The van der Waals surface area contributed by atoms with Gasteiger partial charge in [-0.3, -0.25) is 9.97 Å². The number of alkyl halides is 2. The second kappa shape index (κ2) is 19.0. The van der Waals surface area contributed by atoms with Crippen molar-refractivity contribution in [1.82, 2.24) is 20.2 Å². The number of hydrogen-bond acceptors (Lipinski definition) is 9. The van der Waals surface area contributed by atoms with Crippen LogP contribution in [0.25, 0.3) is 0 Å². The van der Waals surface area contributed by atoms with Crippen molar-refractivity contribution in [1.29, 1.82) is 0 Å². The molecule has 2 aliphatic heterocycles. The Morgan fingerprint density at radius 2 is 1.30 bits per heavy atom. The molecule has 16 heteroatoms. The minimum Gasteiger partial charge on any atom is -0.444 e. The summed E-state index contributed by atoms with van der Waals surface area (Å²) in [5.41, 5.74) is -2.06. The quantitative estimate of drug-likeness (QED) is 0.256. The van der Waals surface area contributed by atoms with Crippen LogP contribution in [0.3, 0.4) is 0 Å². The van der Waals surface area contributed by atoms with Crippen molar-refractivity contribution in [3.63, 3.8) is 0 Å². The molecular weight excluding hydrogens is 704 g/mol. The van der Waals surface area contributed by atoms with Gasteiger partial charge in [0.15, 0.2) is 11.3 Å². The molecule has 2 saturated heterocycles. The number of likely N-dealkylation sites (tertiary alicyclic amines) is 1. The average molecular weight is 751 g/mol. The Bertz CT molecular complexity index is 1280. The first-order valence-electron chi connectivity index (χ1n) is 15.0. The molecule has 2 atom stereocenters. The Balaban J connectivity index is 0.000000470. The van der Waals surface area contributed by atoms with Crippen LogP contribution in [0.5, 0.6) is 0 Å². The van der Waals surface area contributed by atoms with Gasteiger partial charge in [-0.2, -0.15) is 0 Å². The Hall–Kier alpha value is -1.61. The number of nitrogens with one attached hydrogen (secondary N) is 1. The van der Waals surface area contributed by atoms with Gasteiger partial charge in [-0.05, 0) is 70.0 Å². The molecule has 2 aromatic heterocycles. The number of aliphatic hydroxyl groups excluding tert-OH is 4. The number of nitrogens with zero attached hydrogens (tertiary/aromatic N) is 3. The van der Waals surface area contributed by atoms with Gasteiger partial charge in [-0.25, -0.2) is 13.6 Å². The molecule has 2 aliphatic rings. The minimum absolute atomic E-state index is 0. The highest BCUT2D eigenvalue weighted by atomic mass is 35.5. The van der Waals surface area contributed by atoms with Crippen molar-refractivity contribution in [2.24, 2.45) is 0 Å². The number of aliphatic hydroxyl groups is 4. The van der Waals surface area contributed by atoms with E-state index in [1.165, 1.54) is 17.3 Å². The van der Waals surface area contributed by atoms with Gasteiger partial charge in [0.1, 0.15) is 5.60 Å². The summed E-state index contributed by atoms with van der Waals surface area (Å²) in [6.07, 6.45) is 2.10. The normalized spacial score (nSPS) is 18.4. The van der Waals surface area contributed by atoms with Crippen LogP contribution < -0.4 is 5.32 Å². The first-order chi connectivity index (χ1) is 21.1. The third-order valence-corrected chi connectivity index (χ3v) is 8.19. The first kappa shape index (κ1) is 43.4. The molecule has 268 valence electrons. The molecule has 0 bridgehead atoms. The molecule has 0 spiro atoms. The number of amides is 1. The minimum atomic E-state index is -1.72. The van der Waals surface area contributed by atoms with E-state index >= 15 is 4.39 Å². The van der Waals surface area contributed by atoms with E-state index in [0.717, 1.165) is 0 Å². The maximum absolute atomic E-state index is 15.4. The topological polar surface area (TPSA) is 148 Å². The van der Waals surface area contributed by atoms with Crippen LogP contribution in [-0.2, 0) is 28.9 Å². The van der Waals surface area contributed by atoms with Crippen molar-refractivity contribution in [3.05, 3.63) is 57.1 Å². The summed E-state index contributed by atoms with van der Waals surface area (Å²) in [5.74, 6) is 0. The molecule has 10 nitrogen and oxygen atoms in total. The summed E-state index contributed by atoms with van der Waals surface area (Å²) in [4.78, 5) is 21.9. The SMILES string of the molecule is CC(C)(C)OC(=O)N1CCC(F)(c2ncc(C[C@H](O)CO)cc2Cl)CC1.Cl.Cl.OC[C@@H](O)Cc1cnc(C2(F)CCNCC2)c(Cl)c1. The molecule has 47 heavy (non-hydrogen) atoms. The van der Waals surface area contributed by atoms with E-state index in [4.69, 9.17) is 38.2 Å². The van der Waals surface area contributed by atoms with Crippen LogP contribution in [0, 0.1) is 0 Å². The Morgan fingerprint density at radius 1 is 0.894 bits per heavy atom. The summed E-state index contributed by atoms with van der Waals surface area (Å²) in [7, 11) is 0. The highest BCUT2D eigenvalue weighted by molar-refractivity contribution is 6.31. The number of carbonyl (C=O) groups excluding carboxylic acids is 1. The number of piperidine rings is 2. The van der Waals surface area contributed by atoms with E-state index in [1.54, 1.807) is 32.9 Å². The van der Waals surface area contributed by atoms with Crippen LogP contribution >= 0.6 is 48.0 Å². The fraction of sp³-hybridized carbons (Fsp3) is 0.645. The van der Waals surface area contributed by atoms with Gasteiger partial charge in [0.2, 0.25) is 0 Å². The zero-order valence-corrected chi connectivity index (χ0v) is 29.9. The van der Waals surface area contributed by atoms with Gasteiger partial charge in [-0.15, -0.1) is 24.8 Å². The van der Waals surface area contributed by atoms with E-state index in [9.17, 15) is 19.4 Å². The molecule has 4 heterocycles. The van der Waals surface area contributed by atoms with Crippen molar-refractivity contribution < 1.29 is 38.7 Å². The highest BCUT2D eigenvalue weighted by Gasteiger charge is 2.41. The van der Waals surface area contributed by atoms with Crippen molar-refractivity contribution in [2.75, 3.05) is 39.4 Å². The summed E-state index contributed by atoms with van der Waals surface area (Å²) < 4.78 is 35.5. The molecule has 2 aromatic rings. The molecule has 2 fully saturated rings. The largest absolute Gasteiger partial charge is 0.444 e. The van der Waals surface area contributed by atoms with Crippen LogP contribution in [0.4, 0.5) is 13.6 Å². The van der Waals surface area contributed by atoms with Crippen molar-refractivity contribution in [3.8, 4) is 0 Å². The lowest BCUT2D eigenvalue weighted by Gasteiger charge is -2.37. The molecule has 0 unspecified atom stereocenters. The lowest BCUT2D eigenvalue weighted by Crippen LogP contribution is -2.45. The third kappa shape index (κ3) is 12.7. The van der Waals surface area contributed by atoms with Crippen molar-refractivity contribution >= 4 is 54.1 Å². The Kier molecular flexibility index (Phi) is 17.5. The fourth-order valence-corrected chi connectivity index (χ4v) is 5.89. The molecular formula is C31H46Cl4F2N4O6. The zero-order valence-electron chi connectivity index (χ0n) is 26.7. The molecule has 1 amide bonds. The summed E-state index contributed by atoms with van der Waals surface area (Å²) in [6.45, 7) is 6.32. The molecule has 4 rings (SSSR count). The smallest absolute Gasteiger partial charge is 0.410 e. The second-order valence-corrected chi connectivity index (χ2v) is 13.4. The van der Waals surface area contributed by atoms with E-state index < -0.39 is 35.2 Å². The molecule has 0 aliphatic carbocycles. The average Bonchev–Trinajstić information content (AvgIpc) is 2.97. The highest BCUT2D eigenvalue weighted by Crippen LogP contribution is 2.40. The van der Waals surface area contributed by atoms with E-state index in [0.29, 0.717) is 37.1 Å². The summed E-state index contributed by atoms with van der Waals surface area (Å²) >= 11 is 12.3. The number of rotatable bonds is 8. The lowest BCUT2D eigenvalue weighted by molar-refractivity contribution is 0.00128. The van der Waals surface area contributed by atoms with Gasteiger partial charge in [0.25, 0.3) is 0 Å². The molecule has 5 N–H and O–H groups in total. The number of hydrogen-bond donors (Lipinski definition) is 5. The van der Waals surface area contributed by atoms with Crippen LogP contribution in [0.15, 0.2) is 24.5 Å². The van der Waals surface area contributed by atoms with Gasteiger partial charge in [0, 0.05) is 51.2 Å². The third-order valence-electron chi connectivity index (χ3n) is 7.61. The van der Waals surface area contributed by atoms with E-state index in [1.807, 2.05) is 0 Å². The van der Waals surface area contributed by atoms with Gasteiger partial charge < -0.3 is 35.4 Å². The Labute approximate surface area is 297 Å². The predicted molar refractivity (Wildman–Crippen MR) is 181 cm³/mol. The summed E-state index contributed by atoms with van der Waals surface area (Å²) in [5, 5.41) is 40.1. The van der Waals surface area contributed by atoms with Gasteiger partial charge >= 0.3 is 6.09 Å². The number of pyridine rings is 2. The van der Waals surface area contributed by atoms with E-state index in [-0.39, 0.29) is 98.2 Å². The molecule has 0 aromatic carbocycles. The van der Waals surface area contributed by atoms with Gasteiger partial charge in [0.05, 0.1) is 46.9 Å². The second-order valence-electron chi connectivity index (χ2n) is 12.6. The van der Waals surface area contributed by atoms with Crippen molar-refractivity contribution in [2.45, 2.75) is 88.4 Å². The van der Waals surface area contributed by atoms with Crippen LogP contribution in [0.2, 0.25) is 10.0 Å². The maximum Gasteiger partial charge on any atom is 0.410 e. The first-order valence-corrected chi connectivity index (χ1v) is 15.8. The number of halogens is 6. The molecule has 0 saturated carbocycles. The monoisotopic (exact) mass is 748 g/mol.